The molecule has 0 saturated carbocycles. The van der Waals surface area contributed by atoms with Crippen molar-refractivity contribution in [2.24, 2.45) is 5.41 Å². The first-order valence-electron chi connectivity index (χ1n) is 6.54. The van der Waals surface area contributed by atoms with Crippen LogP contribution in [0.2, 0.25) is 0 Å². The van der Waals surface area contributed by atoms with Crippen molar-refractivity contribution in [3.63, 3.8) is 0 Å². The Hall–Kier alpha value is -0.300. The molecule has 0 aromatic heterocycles. The van der Waals surface area contributed by atoms with Crippen molar-refractivity contribution in [2.75, 3.05) is 13.1 Å². The van der Waals surface area contributed by atoms with E-state index in [1.165, 1.54) is 45.2 Å². The molecule has 1 saturated heterocycles. The van der Waals surface area contributed by atoms with Crippen LogP contribution in [0.15, 0.2) is 12.7 Å². The van der Waals surface area contributed by atoms with Gasteiger partial charge in [0.1, 0.15) is 0 Å². The Bertz CT molecular complexity index is 192. The van der Waals surface area contributed by atoms with Gasteiger partial charge in [-0.2, -0.15) is 0 Å². The van der Waals surface area contributed by atoms with Gasteiger partial charge < -0.3 is 0 Å². The van der Waals surface area contributed by atoms with Crippen molar-refractivity contribution < 1.29 is 0 Å². The molecule has 0 amide bonds. The maximum Gasteiger partial charge on any atom is 0.0247 e. The van der Waals surface area contributed by atoms with Crippen LogP contribution in [0, 0.1) is 5.41 Å². The monoisotopic (exact) mass is 209 g/mol. The van der Waals surface area contributed by atoms with Gasteiger partial charge >= 0.3 is 0 Å². The van der Waals surface area contributed by atoms with Crippen molar-refractivity contribution in [3.05, 3.63) is 12.7 Å². The normalized spacial score (nSPS) is 22.9. The van der Waals surface area contributed by atoms with Crippen LogP contribution in [0.1, 0.15) is 52.9 Å². The van der Waals surface area contributed by atoms with E-state index in [9.17, 15) is 0 Å². The number of rotatable bonds is 6. The van der Waals surface area contributed by atoms with Gasteiger partial charge in [-0.05, 0) is 38.1 Å². The molecule has 0 N–H and O–H groups in total. The van der Waals surface area contributed by atoms with Crippen LogP contribution >= 0.6 is 0 Å². The largest absolute Gasteiger partial charge is 0.297 e. The molecule has 1 atom stereocenters. The molecule has 1 nitrogen and oxygen atoms in total. The molecule has 1 heteroatoms. The van der Waals surface area contributed by atoms with Crippen LogP contribution < -0.4 is 0 Å². The predicted molar refractivity (Wildman–Crippen MR) is 68.1 cm³/mol. The van der Waals surface area contributed by atoms with E-state index < -0.39 is 0 Å². The van der Waals surface area contributed by atoms with Crippen molar-refractivity contribution in [2.45, 2.75) is 58.9 Å². The lowest BCUT2D eigenvalue weighted by Crippen LogP contribution is -2.32. The lowest BCUT2D eigenvalue weighted by molar-refractivity contribution is 0.208. The minimum atomic E-state index is 0.556. The molecule has 0 spiro atoms. The van der Waals surface area contributed by atoms with Gasteiger partial charge in [-0.3, -0.25) is 4.90 Å². The fourth-order valence-corrected chi connectivity index (χ4v) is 3.06. The second-order valence-electron chi connectivity index (χ2n) is 5.20. The van der Waals surface area contributed by atoms with Crippen molar-refractivity contribution in [3.8, 4) is 0 Å². The van der Waals surface area contributed by atoms with E-state index in [1.807, 2.05) is 0 Å². The average molecular weight is 209 g/mol. The third-order valence-corrected chi connectivity index (χ3v) is 3.95. The summed E-state index contributed by atoms with van der Waals surface area (Å²) < 4.78 is 0. The molecule has 0 radical (unpaired) electrons. The van der Waals surface area contributed by atoms with Gasteiger partial charge in [0.15, 0.2) is 0 Å². The average Bonchev–Trinajstić information content (AvgIpc) is 2.62. The summed E-state index contributed by atoms with van der Waals surface area (Å²) in [5, 5.41) is 0. The van der Waals surface area contributed by atoms with Gasteiger partial charge in [-0.25, -0.2) is 0 Å². The van der Waals surface area contributed by atoms with Gasteiger partial charge in [-0.1, -0.05) is 32.8 Å². The van der Waals surface area contributed by atoms with E-state index in [0.717, 1.165) is 0 Å². The van der Waals surface area contributed by atoms with Gasteiger partial charge in [0, 0.05) is 12.6 Å². The van der Waals surface area contributed by atoms with E-state index in [0.29, 0.717) is 11.5 Å². The summed E-state index contributed by atoms with van der Waals surface area (Å²) in [5.41, 5.74) is 0.626. The van der Waals surface area contributed by atoms with E-state index in [-0.39, 0.29) is 0 Å². The molecule has 1 unspecified atom stereocenters. The van der Waals surface area contributed by atoms with Crippen molar-refractivity contribution in [1.82, 2.24) is 4.90 Å². The Kier molecular flexibility index (Phi) is 4.85. The second-order valence-corrected chi connectivity index (χ2v) is 5.20. The van der Waals surface area contributed by atoms with Crippen molar-refractivity contribution in [1.29, 1.82) is 0 Å². The highest BCUT2D eigenvalue weighted by atomic mass is 15.2. The summed E-state index contributed by atoms with van der Waals surface area (Å²) in [4.78, 5) is 2.60. The minimum absolute atomic E-state index is 0.556. The number of hydrogen-bond acceptors (Lipinski definition) is 1. The molecule has 0 bridgehead atoms. The first kappa shape index (κ1) is 12.8. The predicted octanol–water partition coefficient (Wildman–Crippen LogP) is 3.85. The van der Waals surface area contributed by atoms with Gasteiger partial charge in [-0.15, -0.1) is 6.58 Å². The maximum atomic E-state index is 3.90. The van der Waals surface area contributed by atoms with E-state index in [4.69, 9.17) is 0 Å². The Morgan fingerprint density at radius 2 is 1.93 bits per heavy atom. The summed E-state index contributed by atoms with van der Waals surface area (Å²) >= 11 is 0. The van der Waals surface area contributed by atoms with E-state index >= 15 is 0 Å². The van der Waals surface area contributed by atoms with Crippen LogP contribution in [0.5, 0.6) is 0 Å². The highest BCUT2D eigenvalue weighted by molar-refractivity contribution is 4.95. The van der Waals surface area contributed by atoms with Crippen molar-refractivity contribution >= 4 is 0 Å². The maximum absolute atomic E-state index is 3.90. The molecular formula is C14H27N. The lowest BCUT2D eigenvalue weighted by Gasteiger charge is -2.30. The number of hydrogen-bond donors (Lipinski definition) is 0. The molecule has 0 aliphatic carbocycles. The molecule has 0 aromatic carbocycles. The highest BCUT2D eigenvalue weighted by Crippen LogP contribution is 2.40. The topological polar surface area (TPSA) is 3.24 Å². The van der Waals surface area contributed by atoms with E-state index in [1.54, 1.807) is 0 Å². The standard InChI is InChI=1S/C14H27N/c1-5-8-14(9-6-2)10-11-15(12-14)13(4)7-3/h7,13H,3,5-6,8-12H2,1-2,4H3. The molecule has 1 aliphatic heterocycles. The van der Waals surface area contributed by atoms with Crippen LogP contribution in [-0.4, -0.2) is 24.0 Å². The highest BCUT2D eigenvalue weighted by Gasteiger charge is 2.37. The first-order valence-corrected chi connectivity index (χ1v) is 6.54. The molecule has 1 aliphatic rings. The Balaban J connectivity index is 2.58. The molecule has 1 rings (SSSR count). The molecule has 1 fully saturated rings. The quantitative estimate of drug-likeness (QED) is 0.601. The lowest BCUT2D eigenvalue weighted by atomic mass is 9.78. The smallest absolute Gasteiger partial charge is 0.0247 e. The fraction of sp³-hybridized carbons (Fsp3) is 0.857. The SMILES string of the molecule is C=CC(C)N1CCC(CCC)(CCC)C1. The third-order valence-electron chi connectivity index (χ3n) is 3.95. The summed E-state index contributed by atoms with van der Waals surface area (Å²) in [6.45, 7) is 13.4. The zero-order valence-corrected chi connectivity index (χ0v) is 10.8. The first-order chi connectivity index (χ1) is 7.17. The molecule has 15 heavy (non-hydrogen) atoms. The number of nitrogens with zero attached hydrogens (tertiary/aromatic N) is 1. The Labute approximate surface area is 95.5 Å². The summed E-state index contributed by atoms with van der Waals surface area (Å²) in [6, 6.07) is 0.556. The number of likely N-dealkylation sites (tertiary alicyclic amines) is 1. The molecule has 88 valence electrons. The molecule has 0 aromatic rings. The van der Waals surface area contributed by atoms with Gasteiger partial charge in [0.05, 0.1) is 0 Å². The summed E-state index contributed by atoms with van der Waals surface area (Å²) in [6.07, 6.45) is 8.94. The van der Waals surface area contributed by atoms with E-state index in [2.05, 4.69) is 38.3 Å². The van der Waals surface area contributed by atoms with Crippen LogP contribution in [-0.2, 0) is 0 Å². The molecule has 1 heterocycles. The summed E-state index contributed by atoms with van der Waals surface area (Å²) in [5.74, 6) is 0. The Morgan fingerprint density at radius 3 is 2.40 bits per heavy atom. The minimum Gasteiger partial charge on any atom is -0.297 e. The summed E-state index contributed by atoms with van der Waals surface area (Å²) in [7, 11) is 0. The zero-order chi connectivity index (χ0) is 11.3. The molecular weight excluding hydrogens is 182 g/mol. The van der Waals surface area contributed by atoms with Gasteiger partial charge in [0.2, 0.25) is 0 Å². The van der Waals surface area contributed by atoms with Gasteiger partial charge in [0.25, 0.3) is 0 Å². The van der Waals surface area contributed by atoms with Crippen LogP contribution in [0.3, 0.4) is 0 Å². The second kappa shape index (κ2) is 5.69. The fourth-order valence-electron chi connectivity index (χ4n) is 3.06. The Morgan fingerprint density at radius 1 is 1.33 bits per heavy atom. The zero-order valence-electron chi connectivity index (χ0n) is 10.8. The van der Waals surface area contributed by atoms with Crippen LogP contribution in [0.25, 0.3) is 0 Å². The van der Waals surface area contributed by atoms with Crippen LogP contribution in [0.4, 0.5) is 0 Å². The third kappa shape index (κ3) is 3.07.